The maximum Gasteiger partial charge on any atom is 0.325 e. The molecule has 3 heterocycles. The first kappa shape index (κ1) is 23.0. The van der Waals surface area contributed by atoms with E-state index < -0.39 is 40.0 Å². The SMILES string of the molecule is CC1(c2ccco2)NC(=O)N(CC(=O)Nc2ccc(S(=O)(=O)N3CCCCCC3)cc2)C1=O. The van der Waals surface area contributed by atoms with Crippen LogP contribution in [0.5, 0.6) is 0 Å². The Bertz CT molecular complexity index is 1140. The third kappa shape index (κ3) is 4.51. The second kappa shape index (κ2) is 8.99. The van der Waals surface area contributed by atoms with Gasteiger partial charge in [-0.2, -0.15) is 4.31 Å². The van der Waals surface area contributed by atoms with Gasteiger partial charge in [0, 0.05) is 18.8 Å². The molecule has 33 heavy (non-hydrogen) atoms. The van der Waals surface area contributed by atoms with Gasteiger partial charge < -0.3 is 15.1 Å². The molecule has 2 aliphatic heterocycles. The highest BCUT2D eigenvalue weighted by Crippen LogP contribution is 2.29. The summed E-state index contributed by atoms with van der Waals surface area (Å²) in [5, 5.41) is 5.15. The Hall–Kier alpha value is -3.18. The van der Waals surface area contributed by atoms with Gasteiger partial charge in [0.1, 0.15) is 12.3 Å². The van der Waals surface area contributed by atoms with Crippen LogP contribution in [0.1, 0.15) is 38.4 Å². The van der Waals surface area contributed by atoms with Crippen LogP contribution in [0.25, 0.3) is 0 Å². The molecule has 0 aliphatic carbocycles. The lowest BCUT2D eigenvalue weighted by molar-refractivity contribution is -0.134. The average Bonchev–Trinajstić information content (AvgIpc) is 3.28. The van der Waals surface area contributed by atoms with E-state index in [0.717, 1.165) is 30.6 Å². The molecule has 2 N–H and O–H groups in total. The molecular formula is C22H26N4O6S. The summed E-state index contributed by atoms with van der Waals surface area (Å²) in [6, 6.07) is 8.33. The molecule has 2 aliphatic rings. The van der Waals surface area contributed by atoms with Gasteiger partial charge in [0.15, 0.2) is 5.54 Å². The zero-order chi connectivity index (χ0) is 23.6. The van der Waals surface area contributed by atoms with Crippen molar-refractivity contribution < 1.29 is 27.2 Å². The smallest absolute Gasteiger partial charge is 0.325 e. The number of hydrogen-bond donors (Lipinski definition) is 2. The zero-order valence-electron chi connectivity index (χ0n) is 18.2. The number of urea groups is 1. The molecule has 2 saturated heterocycles. The van der Waals surface area contributed by atoms with Crippen LogP contribution in [0.2, 0.25) is 0 Å². The van der Waals surface area contributed by atoms with Crippen LogP contribution in [-0.2, 0) is 25.2 Å². The summed E-state index contributed by atoms with van der Waals surface area (Å²) in [5.41, 5.74) is -1.03. The Balaban J connectivity index is 1.40. The number of rotatable bonds is 6. The van der Waals surface area contributed by atoms with Crippen LogP contribution in [0.15, 0.2) is 52.0 Å². The lowest BCUT2D eigenvalue weighted by atomic mass is 9.99. The van der Waals surface area contributed by atoms with Crippen LogP contribution >= 0.6 is 0 Å². The lowest BCUT2D eigenvalue weighted by Gasteiger charge is -2.20. The molecular weight excluding hydrogens is 448 g/mol. The third-order valence-corrected chi connectivity index (χ3v) is 7.84. The fraction of sp³-hybridized carbons (Fsp3) is 0.409. The minimum absolute atomic E-state index is 0.158. The molecule has 4 rings (SSSR count). The second-order valence-corrected chi connectivity index (χ2v) is 10.3. The van der Waals surface area contributed by atoms with Gasteiger partial charge in [-0.05, 0) is 56.2 Å². The molecule has 2 fully saturated rings. The number of nitrogens with one attached hydrogen (secondary N) is 2. The number of imide groups is 1. The van der Waals surface area contributed by atoms with Crippen LogP contribution in [0.3, 0.4) is 0 Å². The topological polar surface area (TPSA) is 129 Å². The van der Waals surface area contributed by atoms with Gasteiger partial charge in [-0.3, -0.25) is 14.5 Å². The van der Waals surface area contributed by atoms with Gasteiger partial charge >= 0.3 is 6.03 Å². The number of benzene rings is 1. The van der Waals surface area contributed by atoms with Gasteiger partial charge in [-0.25, -0.2) is 13.2 Å². The molecule has 0 spiro atoms. The minimum atomic E-state index is -3.59. The van der Waals surface area contributed by atoms with Crippen LogP contribution in [0, 0.1) is 0 Å². The van der Waals surface area contributed by atoms with Crippen molar-refractivity contribution in [2.45, 2.75) is 43.0 Å². The molecule has 0 radical (unpaired) electrons. The highest BCUT2D eigenvalue weighted by Gasteiger charge is 2.51. The number of sulfonamides is 1. The number of anilines is 1. The van der Waals surface area contributed by atoms with Crippen LogP contribution < -0.4 is 10.6 Å². The van der Waals surface area contributed by atoms with E-state index in [1.165, 1.54) is 41.8 Å². The number of carbonyl (C=O) groups excluding carboxylic acids is 3. The molecule has 176 valence electrons. The fourth-order valence-corrected chi connectivity index (χ4v) is 5.57. The van der Waals surface area contributed by atoms with Crippen molar-refractivity contribution in [2.24, 2.45) is 0 Å². The van der Waals surface area contributed by atoms with E-state index in [9.17, 15) is 22.8 Å². The van der Waals surface area contributed by atoms with Gasteiger partial charge in [0.25, 0.3) is 5.91 Å². The minimum Gasteiger partial charge on any atom is -0.466 e. The van der Waals surface area contributed by atoms with E-state index in [4.69, 9.17) is 4.42 Å². The lowest BCUT2D eigenvalue weighted by Crippen LogP contribution is -2.41. The van der Waals surface area contributed by atoms with Crippen molar-refractivity contribution in [3.05, 3.63) is 48.4 Å². The van der Waals surface area contributed by atoms with E-state index in [-0.39, 0.29) is 10.7 Å². The molecule has 0 saturated carbocycles. The van der Waals surface area contributed by atoms with E-state index in [0.29, 0.717) is 18.8 Å². The van der Waals surface area contributed by atoms with Crippen molar-refractivity contribution in [3.8, 4) is 0 Å². The molecule has 1 unspecified atom stereocenters. The first-order valence-corrected chi connectivity index (χ1v) is 12.2. The van der Waals surface area contributed by atoms with E-state index in [1.54, 1.807) is 12.1 Å². The number of nitrogens with zero attached hydrogens (tertiary/aromatic N) is 2. The van der Waals surface area contributed by atoms with E-state index >= 15 is 0 Å². The molecule has 10 nitrogen and oxygen atoms in total. The third-order valence-electron chi connectivity index (χ3n) is 5.93. The first-order valence-electron chi connectivity index (χ1n) is 10.8. The number of carbonyl (C=O) groups is 3. The van der Waals surface area contributed by atoms with Crippen molar-refractivity contribution in [3.63, 3.8) is 0 Å². The Morgan fingerprint density at radius 2 is 1.76 bits per heavy atom. The Morgan fingerprint density at radius 3 is 2.36 bits per heavy atom. The second-order valence-electron chi connectivity index (χ2n) is 8.31. The number of hydrogen-bond acceptors (Lipinski definition) is 6. The summed E-state index contributed by atoms with van der Waals surface area (Å²) in [5.74, 6) is -0.924. The molecule has 2 aromatic rings. The summed E-state index contributed by atoms with van der Waals surface area (Å²) in [6.45, 7) is 2.02. The summed E-state index contributed by atoms with van der Waals surface area (Å²) < 4.78 is 32.5. The van der Waals surface area contributed by atoms with Crippen molar-refractivity contribution in [2.75, 3.05) is 25.0 Å². The number of amides is 4. The van der Waals surface area contributed by atoms with Gasteiger partial charge in [-0.1, -0.05) is 12.8 Å². The Kier molecular flexibility index (Phi) is 6.26. The summed E-state index contributed by atoms with van der Waals surface area (Å²) in [4.78, 5) is 38.6. The standard InChI is InChI=1S/C22H26N4O6S/c1-22(18-7-6-14-32-18)20(28)26(21(29)24-22)15-19(27)23-16-8-10-17(11-9-16)33(30,31)25-12-4-2-3-5-13-25/h6-11,14H,2-5,12-13,15H2,1H3,(H,23,27)(H,24,29). The Labute approximate surface area is 192 Å². The summed E-state index contributed by atoms with van der Waals surface area (Å²) in [6.07, 6.45) is 5.13. The molecule has 0 bridgehead atoms. The van der Waals surface area contributed by atoms with E-state index in [2.05, 4.69) is 10.6 Å². The van der Waals surface area contributed by atoms with Crippen LogP contribution in [0.4, 0.5) is 10.5 Å². The van der Waals surface area contributed by atoms with Crippen molar-refractivity contribution in [1.29, 1.82) is 0 Å². The zero-order valence-corrected chi connectivity index (χ0v) is 19.1. The van der Waals surface area contributed by atoms with Crippen molar-refractivity contribution in [1.82, 2.24) is 14.5 Å². The molecule has 11 heteroatoms. The summed E-state index contributed by atoms with van der Waals surface area (Å²) >= 11 is 0. The van der Waals surface area contributed by atoms with E-state index in [1.807, 2.05) is 0 Å². The highest BCUT2D eigenvalue weighted by molar-refractivity contribution is 7.89. The predicted octanol–water partition coefficient (Wildman–Crippen LogP) is 2.25. The predicted molar refractivity (Wildman–Crippen MR) is 119 cm³/mol. The largest absolute Gasteiger partial charge is 0.466 e. The average molecular weight is 475 g/mol. The van der Waals surface area contributed by atoms with Crippen LogP contribution in [-0.4, -0.2) is 55.1 Å². The first-order chi connectivity index (χ1) is 15.7. The number of furan rings is 1. The molecule has 1 atom stereocenters. The quantitative estimate of drug-likeness (QED) is 0.618. The Morgan fingerprint density at radius 1 is 1.09 bits per heavy atom. The maximum atomic E-state index is 12.9. The molecule has 1 aromatic carbocycles. The fourth-order valence-electron chi connectivity index (χ4n) is 4.06. The normalized spacial score (nSPS) is 22.2. The van der Waals surface area contributed by atoms with Crippen molar-refractivity contribution >= 4 is 33.6 Å². The maximum absolute atomic E-state index is 12.9. The molecule has 4 amide bonds. The summed E-state index contributed by atoms with van der Waals surface area (Å²) in [7, 11) is -3.59. The highest BCUT2D eigenvalue weighted by atomic mass is 32.2. The molecule has 1 aromatic heterocycles. The van der Waals surface area contributed by atoms with Gasteiger partial charge in [0.05, 0.1) is 11.2 Å². The van der Waals surface area contributed by atoms with Gasteiger partial charge in [-0.15, -0.1) is 0 Å². The van der Waals surface area contributed by atoms with Gasteiger partial charge in [0.2, 0.25) is 15.9 Å². The monoisotopic (exact) mass is 474 g/mol.